The molecule has 0 spiro atoms. The van der Waals surface area contributed by atoms with Crippen LogP contribution >= 0.6 is 0 Å². The molecule has 2 aromatic carbocycles. The number of para-hydroxylation sites is 1. The number of anilines is 1. The van der Waals surface area contributed by atoms with E-state index in [0.717, 1.165) is 30.4 Å². The second kappa shape index (κ2) is 9.21. The molecule has 7 heteroatoms. The number of rotatable bonds is 6. The summed E-state index contributed by atoms with van der Waals surface area (Å²) in [7, 11) is -3.45. The Bertz CT molecular complexity index is 900. The summed E-state index contributed by atoms with van der Waals surface area (Å²) in [5, 5.41) is 5.59. The first-order valence-electron chi connectivity index (χ1n) is 9.59. The van der Waals surface area contributed by atoms with E-state index in [2.05, 4.69) is 10.6 Å². The lowest BCUT2D eigenvalue weighted by molar-refractivity contribution is 0.231. The van der Waals surface area contributed by atoms with Crippen molar-refractivity contribution in [2.24, 2.45) is 0 Å². The fourth-order valence-electron chi connectivity index (χ4n) is 3.50. The third kappa shape index (κ3) is 5.33. The Balaban J connectivity index is 1.63. The maximum atomic E-state index is 13.1. The number of carbonyl (C=O) groups is 1. The smallest absolute Gasteiger partial charge is 0.319 e. The van der Waals surface area contributed by atoms with Gasteiger partial charge in [0, 0.05) is 24.8 Å². The van der Waals surface area contributed by atoms with Gasteiger partial charge in [0.05, 0.1) is 5.75 Å². The number of hydrogen-bond donors (Lipinski definition) is 2. The quantitative estimate of drug-likeness (QED) is 0.778. The van der Waals surface area contributed by atoms with E-state index in [-0.39, 0.29) is 17.8 Å². The average molecular weight is 402 g/mol. The number of nitrogens with zero attached hydrogens (tertiary/aromatic N) is 1. The normalized spacial score (nSPS) is 17.8. The van der Waals surface area contributed by atoms with Crippen LogP contribution in [-0.4, -0.2) is 37.9 Å². The van der Waals surface area contributed by atoms with Gasteiger partial charge in [0.25, 0.3) is 0 Å². The summed E-state index contributed by atoms with van der Waals surface area (Å²) in [6, 6.07) is 16.2. The lowest BCUT2D eigenvalue weighted by atomic mass is 10.1. The zero-order valence-electron chi connectivity index (χ0n) is 16.1. The highest BCUT2D eigenvalue weighted by atomic mass is 32.2. The number of aryl methyl sites for hydroxylation is 1. The third-order valence-corrected chi connectivity index (χ3v) is 6.93. The molecule has 2 aromatic rings. The van der Waals surface area contributed by atoms with Crippen LogP contribution in [0.2, 0.25) is 0 Å². The molecule has 6 nitrogen and oxygen atoms in total. The fourth-order valence-corrected chi connectivity index (χ4v) is 5.43. The third-order valence-electron chi connectivity index (χ3n) is 5.06. The van der Waals surface area contributed by atoms with Crippen LogP contribution in [0.3, 0.4) is 0 Å². The van der Waals surface area contributed by atoms with E-state index < -0.39 is 10.0 Å². The molecule has 0 aromatic heterocycles. The maximum Gasteiger partial charge on any atom is 0.319 e. The predicted molar refractivity (Wildman–Crippen MR) is 112 cm³/mol. The van der Waals surface area contributed by atoms with Gasteiger partial charge in [0.15, 0.2) is 0 Å². The lowest BCUT2D eigenvalue weighted by Gasteiger charge is -2.35. The Morgan fingerprint density at radius 2 is 1.79 bits per heavy atom. The van der Waals surface area contributed by atoms with Crippen LogP contribution in [0.4, 0.5) is 10.5 Å². The highest BCUT2D eigenvalue weighted by molar-refractivity contribution is 7.88. The van der Waals surface area contributed by atoms with Crippen molar-refractivity contribution in [1.29, 1.82) is 0 Å². The van der Waals surface area contributed by atoms with Gasteiger partial charge in [0.1, 0.15) is 0 Å². The molecule has 1 unspecified atom stereocenters. The number of piperidine rings is 1. The number of benzene rings is 2. The molecule has 1 heterocycles. The Kier molecular flexibility index (Phi) is 6.70. The average Bonchev–Trinajstić information content (AvgIpc) is 2.69. The van der Waals surface area contributed by atoms with E-state index in [9.17, 15) is 13.2 Å². The summed E-state index contributed by atoms with van der Waals surface area (Å²) >= 11 is 0. The Morgan fingerprint density at radius 1 is 1.07 bits per heavy atom. The summed E-state index contributed by atoms with van der Waals surface area (Å²) < 4.78 is 27.7. The molecule has 1 saturated heterocycles. The van der Waals surface area contributed by atoms with Crippen molar-refractivity contribution in [3.05, 3.63) is 65.7 Å². The monoisotopic (exact) mass is 401 g/mol. The first-order chi connectivity index (χ1) is 13.5. The molecule has 2 amide bonds. The minimum atomic E-state index is -3.45. The largest absolute Gasteiger partial charge is 0.336 e. The molecule has 1 fully saturated rings. The molecule has 1 atom stereocenters. The van der Waals surface area contributed by atoms with Crippen LogP contribution in [0.15, 0.2) is 54.6 Å². The van der Waals surface area contributed by atoms with Gasteiger partial charge in [-0.25, -0.2) is 13.2 Å². The van der Waals surface area contributed by atoms with Gasteiger partial charge in [-0.2, -0.15) is 4.31 Å². The summed E-state index contributed by atoms with van der Waals surface area (Å²) in [4.78, 5) is 12.2. The number of nitrogens with one attached hydrogen (secondary N) is 2. The maximum absolute atomic E-state index is 13.1. The zero-order chi connectivity index (χ0) is 20.0. The van der Waals surface area contributed by atoms with Gasteiger partial charge in [-0.15, -0.1) is 0 Å². The van der Waals surface area contributed by atoms with Crippen molar-refractivity contribution >= 4 is 21.7 Å². The fraction of sp³-hybridized carbons (Fsp3) is 0.381. The van der Waals surface area contributed by atoms with Gasteiger partial charge in [-0.3, -0.25) is 0 Å². The molecule has 2 N–H and O–H groups in total. The van der Waals surface area contributed by atoms with Crippen LogP contribution in [0.5, 0.6) is 0 Å². The van der Waals surface area contributed by atoms with Crippen molar-refractivity contribution in [2.45, 2.75) is 38.0 Å². The van der Waals surface area contributed by atoms with Crippen molar-refractivity contribution in [3.8, 4) is 0 Å². The summed E-state index contributed by atoms with van der Waals surface area (Å²) in [5.41, 5.74) is 2.49. The Morgan fingerprint density at radius 3 is 2.54 bits per heavy atom. The zero-order valence-corrected chi connectivity index (χ0v) is 16.9. The molecule has 1 aliphatic rings. The number of hydrogen-bond acceptors (Lipinski definition) is 3. The topological polar surface area (TPSA) is 78.5 Å². The molecule has 0 aliphatic carbocycles. The van der Waals surface area contributed by atoms with Gasteiger partial charge in [-0.05, 0) is 43.0 Å². The van der Waals surface area contributed by atoms with E-state index in [1.165, 1.54) is 0 Å². The molecule has 0 saturated carbocycles. The van der Waals surface area contributed by atoms with Crippen molar-refractivity contribution in [1.82, 2.24) is 9.62 Å². The first-order valence-corrected chi connectivity index (χ1v) is 11.2. The van der Waals surface area contributed by atoms with E-state index in [0.29, 0.717) is 18.8 Å². The number of carbonyl (C=O) groups excluding carboxylic acids is 1. The number of sulfonamides is 1. The van der Waals surface area contributed by atoms with Crippen LogP contribution in [-0.2, 0) is 15.8 Å². The first kappa shape index (κ1) is 20.4. The van der Waals surface area contributed by atoms with Crippen molar-refractivity contribution in [3.63, 3.8) is 0 Å². The molecule has 28 heavy (non-hydrogen) atoms. The summed E-state index contributed by atoms with van der Waals surface area (Å²) in [5.74, 6) is -0.00755. The lowest BCUT2D eigenvalue weighted by Crippen LogP contribution is -2.50. The number of amides is 2. The van der Waals surface area contributed by atoms with Crippen molar-refractivity contribution < 1.29 is 13.2 Å². The van der Waals surface area contributed by atoms with Crippen molar-refractivity contribution in [2.75, 3.05) is 18.4 Å². The second-order valence-corrected chi connectivity index (χ2v) is 9.07. The molecule has 0 bridgehead atoms. The Labute approximate surface area is 167 Å². The van der Waals surface area contributed by atoms with Gasteiger partial charge >= 0.3 is 6.03 Å². The minimum Gasteiger partial charge on any atom is -0.336 e. The minimum absolute atomic E-state index is 0.00755. The molecule has 150 valence electrons. The van der Waals surface area contributed by atoms with E-state index in [1.54, 1.807) is 16.4 Å². The second-order valence-electron chi connectivity index (χ2n) is 7.14. The van der Waals surface area contributed by atoms with Gasteiger partial charge in [-0.1, -0.05) is 48.9 Å². The highest BCUT2D eigenvalue weighted by Crippen LogP contribution is 2.23. The molecule has 3 rings (SSSR count). The summed E-state index contributed by atoms with van der Waals surface area (Å²) in [6.45, 7) is 2.72. The number of urea groups is 1. The SMILES string of the molecule is Cc1ccccc1CS(=O)(=O)N1CCCCC1CNC(=O)Nc1ccccc1. The van der Waals surface area contributed by atoms with Crippen LogP contribution in [0.25, 0.3) is 0 Å². The highest BCUT2D eigenvalue weighted by Gasteiger charge is 2.32. The van der Waals surface area contributed by atoms with E-state index in [4.69, 9.17) is 0 Å². The van der Waals surface area contributed by atoms with E-state index in [1.807, 2.05) is 49.4 Å². The van der Waals surface area contributed by atoms with E-state index >= 15 is 0 Å². The van der Waals surface area contributed by atoms with Crippen LogP contribution in [0, 0.1) is 6.92 Å². The van der Waals surface area contributed by atoms with Gasteiger partial charge in [0.2, 0.25) is 10.0 Å². The van der Waals surface area contributed by atoms with Crippen LogP contribution in [0.1, 0.15) is 30.4 Å². The Hall–Kier alpha value is -2.38. The molecule has 1 aliphatic heterocycles. The molecule has 0 radical (unpaired) electrons. The summed E-state index contributed by atoms with van der Waals surface area (Å²) in [6.07, 6.45) is 2.56. The van der Waals surface area contributed by atoms with Gasteiger partial charge < -0.3 is 10.6 Å². The predicted octanol–water partition coefficient (Wildman–Crippen LogP) is 3.50. The molecular weight excluding hydrogens is 374 g/mol. The molecular formula is C21H27N3O3S. The standard InChI is InChI=1S/C21H27N3O3S/c1-17-9-5-6-10-18(17)16-28(26,27)24-14-8-7-13-20(24)15-22-21(25)23-19-11-3-2-4-12-19/h2-6,9-12,20H,7-8,13-16H2,1H3,(H2,22,23,25). The van der Waals surface area contributed by atoms with Crippen LogP contribution < -0.4 is 10.6 Å².